The molecule has 0 saturated heterocycles. The van der Waals surface area contributed by atoms with Crippen LogP contribution >= 0.6 is 0 Å². The van der Waals surface area contributed by atoms with Gasteiger partial charge >= 0.3 is 6.18 Å². The lowest BCUT2D eigenvalue weighted by Gasteiger charge is -2.11. The predicted molar refractivity (Wildman–Crippen MR) is 59.0 cm³/mol. The first-order chi connectivity index (χ1) is 8.45. The van der Waals surface area contributed by atoms with Crippen molar-refractivity contribution in [1.29, 1.82) is 0 Å². The summed E-state index contributed by atoms with van der Waals surface area (Å²) in [6, 6.07) is 5.11. The number of alkyl halides is 3. The largest absolute Gasteiger partial charge is 0.417 e. The van der Waals surface area contributed by atoms with Crippen LogP contribution in [0.2, 0.25) is 0 Å². The van der Waals surface area contributed by atoms with E-state index < -0.39 is 11.7 Å². The Morgan fingerprint density at radius 2 is 1.89 bits per heavy atom. The number of benzene rings is 1. The summed E-state index contributed by atoms with van der Waals surface area (Å²) < 4.78 is 39.8. The number of nitrogens with zero attached hydrogens (tertiary/aromatic N) is 2. The summed E-state index contributed by atoms with van der Waals surface area (Å²) in [5.74, 6) is 0. The van der Waals surface area contributed by atoms with Gasteiger partial charge in [0.15, 0.2) is 6.29 Å². The summed E-state index contributed by atoms with van der Waals surface area (Å²) >= 11 is 0. The van der Waals surface area contributed by atoms with Crippen molar-refractivity contribution in [3.63, 3.8) is 0 Å². The van der Waals surface area contributed by atoms with Gasteiger partial charge in [-0.05, 0) is 11.6 Å². The maximum Gasteiger partial charge on any atom is 0.417 e. The molecule has 0 N–H and O–H groups in total. The van der Waals surface area contributed by atoms with Gasteiger partial charge < -0.3 is 0 Å². The molecule has 0 saturated carbocycles. The van der Waals surface area contributed by atoms with Gasteiger partial charge in [0, 0.05) is 12.6 Å². The Bertz CT molecular complexity index is 587. The van der Waals surface area contributed by atoms with Crippen molar-refractivity contribution in [2.45, 2.75) is 6.18 Å². The maximum atomic E-state index is 12.9. The van der Waals surface area contributed by atoms with Crippen LogP contribution in [0.1, 0.15) is 16.1 Å². The third-order valence-electron chi connectivity index (χ3n) is 2.62. The molecular weight excluding hydrogens is 245 g/mol. The first-order valence-electron chi connectivity index (χ1n) is 5.09. The molecule has 0 unspecified atom stereocenters. The quantitative estimate of drug-likeness (QED) is 0.772. The Labute approximate surface area is 101 Å². The van der Waals surface area contributed by atoms with Crippen molar-refractivity contribution in [3.05, 3.63) is 41.7 Å². The highest BCUT2D eigenvalue weighted by atomic mass is 19.4. The lowest BCUT2D eigenvalue weighted by atomic mass is 10.00. The van der Waals surface area contributed by atoms with Crippen molar-refractivity contribution in [2.24, 2.45) is 7.05 Å². The molecule has 0 aliphatic rings. The van der Waals surface area contributed by atoms with E-state index in [-0.39, 0.29) is 16.8 Å². The number of aldehydes is 1. The Kier molecular flexibility index (Phi) is 2.94. The molecule has 94 valence electrons. The monoisotopic (exact) mass is 254 g/mol. The van der Waals surface area contributed by atoms with Crippen LogP contribution in [0.5, 0.6) is 0 Å². The lowest BCUT2D eigenvalue weighted by Crippen LogP contribution is -2.07. The van der Waals surface area contributed by atoms with Crippen LogP contribution < -0.4 is 0 Å². The second-order valence-electron chi connectivity index (χ2n) is 3.73. The summed E-state index contributed by atoms with van der Waals surface area (Å²) in [4.78, 5) is 10.9. The summed E-state index contributed by atoms with van der Waals surface area (Å²) in [6.07, 6.45) is -2.71. The van der Waals surface area contributed by atoms with E-state index in [0.29, 0.717) is 6.29 Å². The highest BCUT2D eigenvalue weighted by Crippen LogP contribution is 2.37. The zero-order chi connectivity index (χ0) is 13.3. The van der Waals surface area contributed by atoms with Gasteiger partial charge in [0.25, 0.3) is 0 Å². The molecule has 3 nitrogen and oxygen atoms in total. The fourth-order valence-corrected chi connectivity index (χ4v) is 1.76. The molecule has 0 aliphatic carbocycles. The first-order valence-corrected chi connectivity index (χ1v) is 5.09. The minimum Gasteiger partial charge on any atom is -0.296 e. The Hall–Kier alpha value is -2.11. The number of carbonyl (C=O) groups excluding carboxylic acids is 1. The average Bonchev–Trinajstić information content (AvgIpc) is 2.69. The number of aryl methyl sites for hydroxylation is 1. The fraction of sp³-hybridized carbons (Fsp3) is 0.167. The Morgan fingerprint density at radius 1 is 1.22 bits per heavy atom. The van der Waals surface area contributed by atoms with Gasteiger partial charge in [0.2, 0.25) is 0 Å². The first kappa shape index (κ1) is 12.3. The summed E-state index contributed by atoms with van der Waals surface area (Å²) in [7, 11) is 1.50. The van der Waals surface area contributed by atoms with E-state index in [1.807, 2.05) is 0 Å². The van der Waals surface area contributed by atoms with Crippen LogP contribution in [0, 0.1) is 0 Å². The van der Waals surface area contributed by atoms with Crippen LogP contribution in [0.3, 0.4) is 0 Å². The molecule has 1 aromatic heterocycles. The molecule has 0 radical (unpaired) electrons. The van der Waals surface area contributed by atoms with E-state index in [1.54, 1.807) is 0 Å². The highest BCUT2D eigenvalue weighted by Gasteiger charge is 2.34. The number of carbonyl (C=O) groups is 1. The van der Waals surface area contributed by atoms with Gasteiger partial charge in [0.05, 0.1) is 11.8 Å². The SMILES string of the molecule is Cn1ncc(-c2ccccc2C(F)(F)F)c1C=O. The topological polar surface area (TPSA) is 34.9 Å². The number of halogens is 3. The third kappa shape index (κ3) is 2.01. The minimum atomic E-state index is -4.47. The molecule has 0 atom stereocenters. The molecule has 6 heteroatoms. The summed E-state index contributed by atoms with van der Waals surface area (Å²) in [5, 5.41) is 3.81. The zero-order valence-corrected chi connectivity index (χ0v) is 9.40. The lowest BCUT2D eigenvalue weighted by molar-refractivity contribution is -0.137. The van der Waals surface area contributed by atoms with Crippen molar-refractivity contribution in [3.8, 4) is 11.1 Å². The number of hydrogen-bond donors (Lipinski definition) is 0. The van der Waals surface area contributed by atoms with E-state index in [9.17, 15) is 18.0 Å². The molecule has 0 aliphatic heterocycles. The van der Waals surface area contributed by atoms with Gasteiger partial charge in [-0.3, -0.25) is 9.48 Å². The molecule has 1 aromatic carbocycles. The molecule has 0 fully saturated rings. The minimum absolute atomic E-state index is 0.0415. The van der Waals surface area contributed by atoms with E-state index in [4.69, 9.17) is 0 Å². The maximum absolute atomic E-state index is 12.9. The Morgan fingerprint density at radius 3 is 2.50 bits per heavy atom. The van der Waals surface area contributed by atoms with Crippen molar-refractivity contribution < 1.29 is 18.0 Å². The smallest absolute Gasteiger partial charge is 0.296 e. The van der Waals surface area contributed by atoms with E-state index in [2.05, 4.69) is 5.10 Å². The number of aromatic nitrogens is 2. The zero-order valence-electron chi connectivity index (χ0n) is 9.40. The van der Waals surface area contributed by atoms with E-state index in [0.717, 1.165) is 6.07 Å². The third-order valence-corrected chi connectivity index (χ3v) is 2.62. The second-order valence-corrected chi connectivity index (χ2v) is 3.73. The second kappa shape index (κ2) is 4.29. The van der Waals surface area contributed by atoms with Gasteiger partial charge in [-0.2, -0.15) is 18.3 Å². The van der Waals surface area contributed by atoms with E-state index >= 15 is 0 Å². The van der Waals surface area contributed by atoms with Gasteiger partial charge in [-0.25, -0.2) is 0 Å². The van der Waals surface area contributed by atoms with Crippen molar-refractivity contribution in [1.82, 2.24) is 9.78 Å². The molecule has 2 aromatic rings. The molecular formula is C12H9F3N2O. The molecule has 0 spiro atoms. The van der Waals surface area contributed by atoms with Crippen molar-refractivity contribution >= 4 is 6.29 Å². The van der Waals surface area contributed by atoms with Crippen LogP contribution in [0.15, 0.2) is 30.5 Å². The molecule has 0 bridgehead atoms. The number of rotatable bonds is 2. The van der Waals surface area contributed by atoms with Gasteiger partial charge in [0.1, 0.15) is 5.69 Å². The molecule has 2 rings (SSSR count). The molecule has 0 amide bonds. The highest BCUT2D eigenvalue weighted by molar-refractivity contribution is 5.86. The van der Waals surface area contributed by atoms with Crippen molar-refractivity contribution in [2.75, 3.05) is 0 Å². The van der Waals surface area contributed by atoms with Gasteiger partial charge in [-0.15, -0.1) is 0 Å². The fourth-order valence-electron chi connectivity index (χ4n) is 1.76. The normalized spacial score (nSPS) is 11.6. The van der Waals surface area contributed by atoms with Crippen LogP contribution in [-0.2, 0) is 13.2 Å². The van der Waals surface area contributed by atoms with E-state index in [1.165, 1.54) is 36.1 Å². The van der Waals surface area contributed by atoms with Crippen LogP contribution in [-0.4, -0.2) is 16.1 Å². The molecule has 1 heterocycles. The van der Waals surface area contributed by atoms with Gasteiger partial charge in [-0.1, -0.05) is 18.2 Å². The average molecular weight is 254 g/mol. The Balaban J connectivity index is 2.68. The van der Waals surface area contributed by atoms with Crippen LogP contribution in [0.25, 0.3) is 11.1 Å². The predicted octanol–water partition coefficient (Wildman–Crippen LogP) is 2.92. The standard InChI is InChI=1S/C12H9F3N2O/c1-17-11(7-18)9(6-16-17)8-4-2-3-5-10(8)12(13,14)15/h2-7H,1H3. The molecule has 18 heavy (non-hydrogen) atoms. The number of hydrogen-bond acceptors (Lipinski definition) is 2. The summed E-state index contributed by atoms with van der Waals surface area (Å²) in [5.41, 5.74) is -0.520. The van der Waals surface area contributed by atoms with Crippen LogP contribution in [0.4, 0.5) is 13.2 Å². The summed E-state index contributed by atoms with van der Waals surface area (Å²) in [6.45, 7) is 0.